The van der Waals surface area contributed by atoms with Crippen molar-refractivity contribution in [2.45, 2.75) is 20.0 Å². The third-order valence-corrected chi connectivity index (χ3v) is 1.06. The van der Waals surface area contributed by atoms with Crippen LogP contribution in [0.15, 0.2) is 30.3 Å². The van der Waals surface area contributed by atoms with Crippen molar-refractivity contribution in [1.29, 1.82) is 0 Å². The number of hydrogen-bond donors (Lipinski definition) is 2. The van der Waals surface area contributed by atoms with Crippen LogP contribution in [0.3, 0.4) is 0 Å². The zero-order valence-corrected chi connectivity index (χ0v) is 9.12. The summed E-state index contributed by atoms with van der Waals surface area (Å²) < 4.78 is 0. The van der Waals surface area contributed by atoms with Crippen LogP contribution in [-0.4, -0.2) is 17.1 Å². The van der Waals surface area contributed by atoms with E-state index in [9.17, 15) is 4.79 Å². The summed E-state index contributed by atoms with van der Waals surface area (Å²) in [6.07, 6.45) is -0.167. The van der Waals surface area contributed by atoms with Crippen LogP contribution in [0.25, 0.3) is 0 Å². The molecule has 0 aliphatic carbocycles. The fourth-order valence-electron chi connectivity index (χ4n) is 0.602. The minimum atomic E-state index is -0.379. The largest absolute Gasteiger partial charge is 0.394 e. The van der Waals surface area contributed by atoms with Crippen LogP contribution in [0.5, 0.6) is 0 Å². The Bertz CT molecular complexity index is 247. The lowest BCUT2D eigenvalue weighted by atomic mass is 10.2. The van der Waals surface area contributed by atoms with Gasteiger partial charge in [0.05, 0.1) is 0 Å². The number of aliphatic hydroxyl groups is 1. The summed E-state index contributed by atoms with van der Waals surface area (Å²) in [5.41, 5.74) is 5.53. The Morgan fingerprint density at radius 1 is 1.29 bits per heavy atom. The van der Waals surface area contributed by atoms with Crippen molar-refractivity contribution in [2.75, 3.05) is 0 Å². The maximum Gasteiger partial charge on any atom is 0.248 e. The number of benzene rings is 1. The Kier molecular flexibility index (Phi) is 9.40. The number of amides is 1. The molecule has 4 heteroatoms. The third kappa shape index (κ3) is 9.03. The Morgan fingerprint density at radius 3 is 1.86 bits per heavy atom. The van der Waals surface area contributed by atoms with Crippen LogP contribution in [0, 0.1) is 0 Å². The van der Waals surface area contributed by atoms with E-state index in [1.165, 1.54) is 0 Å². The van der Waals surface area contributed by atoms with E-state index in [2.05, 4.69) is 0 Å². The van der Waals surface area contributed by atoms with E-state index in [-0.39, 0.29) is 24.4 Å². The van der Waals surface area contributed by atoms with E-state index in [1.807, 2.05) is 6.07 Å². The molecule has 0 aliphatic rings. The molecule has 1 aromatic rings. The molecule has 0 unspecified atom stereocenters. The molecule has 14 heavy (non-hydrogen) atoms. The van der Waals surface area contributed by atoms with E-state index in [0.717, 1.165) is 0 Å². The summed E-state index contributed by atoms with van der Waals surface area (Å²) in [5, 5.41) is 8.06. The van der Waals surface area contributed by atoms with Crippen LogP contribution in [0.4, 0.5) is 0 Å². The normalized spacial score (nSPS) is 8.29. The molecule has 0 aliphatic heterocycles. The monoisotopic (exact) mass is 217 g/mol. The molecule has 3 N–H and O–H groups in total. The first-order chi connectivity index (χ1) is 6.04. The van der Waals surface area contributed by atoms with Crippen LogP contribution >= 0.6 is 12.4 Å². The standard InChI is InChI=1S/C7H7NO.C3H8O.ClH/c8-7(9)6-4-2-1-3-5-6;1-3(2)4;/h1-5H,(H2,8,9);3-4H,1-2H3;1H. The zero-order chi connectivity index (χ0) is 10.3. The highest BCUT2D eigenvalue weighted by atomic mass is 35.5. The summed E-state index contributed by atoms with van der Waals surface area (Å²) in [5.74, 6) is -0.379. The maximum atomic E-state index is 10.4. The smallest absolute Gasteiger partial charge is 0.248 e. The van der Waals surface area contributed by atoms with E-state index < -0.39 is 0 Å². The van der Waals surface area contributed by atoms with Crippen molar-refractivity contribution in [3.05, 3.63) is 35.9 Å². The summed E-state index contributed by atoms with van der Waals surface area (Å²) in [7, 11) is 0. The summed E-state index contributed by atoms with van der Waals surface area (Å²) in [4.78, 5) is 10.4. The SMILES string of the molecule is CC(C)O.Cl.NC(=O)c1ccccc1. The van der Waals surface area contributed by atoms with Gasteiger partial charge in [-0.25, -0.2) is 0 Å². The lowest BCUT2D eigenvalue weighted by molar-refractivity contribution is 0.100. The van der Waals surface area contributed by atoms with Crippen LogP contribution in [0.1, 0.15) is 24.2 Å². The lowest BCUT2D eigenvalue weighted by Gasteiger charge is -1.89. The molecular weight excluding hydrogens is 202 g/mol. The van der Waals surface area contributed by atoms with Crippen molar-refractivity contribution in [1.82, 2.24) is 0 Å². The van der Waals surface area contributed by atoms with Crippen LogP contribution < -0.4 is 5.73 Å². The topological polar surface area (TPSA) is 63.3 Å². The first-order valence-electron chi connectivity index (χ1n) is 4.07. The highest BCUT2D eigenvalue weighted by molar-refractivity contribution is 5.92. The van der Waals surface area contributed by atoms with Crippen molar-refractivity contribution in [3.63, 3.8) is 0 Å². The van der Waals surface area contributed by atoms with E-state index in [4.69, 9.17) is 10.8 Å². The predicted octanol–water partition coefficient (Wildman–Crippen LogP) is 1.59. The van der Waals surface area contributed by atoms with Gasteiger partial charge in [-0.2, -0.15) is 0 Å². The average Bonchev–Trinajstić information content (AvgIpc) is 2.05. The predicted molar refractivity (Wildman–Crippen MR) is 59.6 cm³/mol. The first-order valence-corrected chi connectivity index (χ1v) is 4.07. The summed E-state index contributed by atoms with van der Waals surface area (Å²) >= 11 is 0. The highest BCUT2D eigenvalue weighted by Gasteiger charge is 1.93. The van der Waals surface area contributed by atoms with Gasteiger partial charge in [0, 0.05) is 11.7 Å². The van der Waals surface area contributed by atoms with Crippen LogP contribution in [-0.2, 0) is 0 Å². The lowest BCUT2D eigenvalue weighted by Crippen LogP contribution is -2.09. The molecule has 80 valence electrons. The van der Waals surface area contributed by atoms with Crippen molar-refractivity contribution < 1.29 is 9.90 Å². The molecule has 0 bridgehead atoms. The van der Waals surface area contributed by atoms with Crippen LogP contribution in [0.2, 0.25) is 0 Å². The fourth-order valence-corrected chi connectivity index (χ4v) is 0.602. The minimum Gasteiger partial charge on any atom is -0.394 e. The number of carbonyl (C=O) groups is 1. The molecule has 0 fully saturated rings. The fraction of sp³-hybridized carbons (Fsp3) is 0.300. The molecule has 0 heterocycles. The molecule has 1 rings (SSSR count). The second kappa shape index (κ2) is 8.53. The number of nitrogens with two attached hydrogens (primary N) is 1. The second-order valence-corrected chi connectivity index (χ2v) is 2.82. The van der Waals surface area contributed by atoms with Crippen molar-refractivity contribution >= 4 is 18.3 Å². The minimum absolute atomic E-state index is 0. The second-order valence-electron chi connectivity index (χ2n) is 2.82. The highest BCUT2D eigenvalue weighted by Crippen LogP contribution is 1.94. The third-order valence-electron chi connectivity index (χ3n) is 1.06. The van der Waals surface area contributed by atoms with Gasteiger partial charge < -0.3 is 10.8 Å². The quantitative estimate of drug-likeness (QED) is 0.751. The average molecular weight is 218 g/mol. The van der Waals surface area contributed by atoms with Gasteiger partial charge in [-0.05, 0) is 26.0 Å². The number of halogens is 1. The molecule has 3 nitrogen and oxygen atoms in total. The molecular formula is C10H16ClNO2. The summed E-state index contributed by atoms with van der Waals surface area (Å²) in [6, 6.07) is 8.76. The number of hydrogen-bond acceptors (Lipinski definition) is 2. The Balaban J connectivity index is 0. The molecule has 0 radical (unpaired) electrons. The number of rotatable bonds is 1. The van der Waals surface area contributed by atoms with Crippen molar-refractivity contribution in [3.8, 4) is 0 Å². The van der Waals surface area contributed by atoms with E-state index in [1.54, 1.807) is 38.1 Å². The van der Waals surface area contributed by atoms with Gasteiger partial charge in [-0.15, -0.1) is 12.4 Å². The molecule has 0 saturated carbocycles. The van der Waals surface area contributed by atoms with E-state index >= 15 is 0 Å². The molecule has 0 aromatic heterocycles. The van der Waals surface area contributed by atoms with Gasteiger partial charge in [0.2, 0.25) is 5.91 Å². The maximum absolute atomic E-state index is 10.4. The molecule has 0 spiro atoms. The van der Waals surface area contributed by atoms with E-state index in [0.29, 0.717) is 5.56 Å². The number of aliphatic hydroxyl groups excluding tert-OH is 1. The van der Waals surface area contributed by atoms with Gasteiger partial charge in [0.15, 0.2) is 0 Å². The summed E-state index contributed by atoms with van der Waals surface area (Å²) in [6.45, 7) is 3.44. The van der Waals surface area contributed by atoms with Crippen molar-refractivity contribution in [2.24, 2.45) is 5.73 Å². The van der Waals surface area contributed by atoms with Gasteiger partial charge in [-0.1, -0.05) is 18.2 Å². The zero-order valence-electron chi connectivity index (χ0n) is 8.31. The molecule has 1 amide bonds. The van der Waals surface area contributed by atoms with Gasteiger partial charge in [0.1, 0.15) is 0 Å². The molecule has 1 aromatic carbocycles. The Labute approximate surface area is 90.3 Å². The van der Waals surface area contributed by atoms with Gasteiger partial charge in [0.25, 0.3) is 0 Å². The molecule has 0 atom stereocenters. The van der Waals surface area contributed by atoms with Gasteiger partial charge in [-0.3, -0.25) is 4.79 Å². The molecule has 0 saturated heterocycles. The number of primary amides is 1. The first kappa shape index (κ1) is 15.4. The Hall–Kier alpha value is -1.06. The Morgan fingerprint density at radius 2 is 1.64 bits per heavy atom. The van der Waals surface area contributed by atoms with Gasteiger partial charge >= 0.3 is 0 Å². The number of carbonyl (C=O) groups excluding carboxylic acids is 1.